The summed E-state index contributed by atoms with van der Waals surface area (Å²) in [5.41, 5.74) is 10.4. The molecule has 0 unspecified atom stereocenters. The fourth-order valence-corrected chi connectivity index (χ4v) is 3.39. The quantitative estimate of drug-likeness (QED) is 0.902. The molecule has 24 heavy (non-hydrogen) atoms. The molecule has 2 heterocycles. The van der Waals surface area contributed by atoms with Crippen molar-refractivity contribution in [1.29, 1.82) is 0 Å². The molecule has 1 aliphatic heterocycles. The van der Waals surface area contributed by atoms with Gasteiger partial charge < -0.3 is 10.6 Å². The number of hydrogen-bond acceptors (Lipinski definition) is 5. The fraction of sp³-hybridized carbons (Fsp3) is 0.412. The lowest BCUT2D eigenvalue weighted by Crippen LogP contribution is -2.35. The van der Waals surface area contributed by atoms with Gasteiger partial charge in [-0.25, -0.2) is 4.98 Å². The summed E-state index contributed by atoms with van der Waals surface area (Å²) in [5.74, 6) is 0.115. The molecular weight excluding hydrogens is 344 g/mol. The Kier molecular flexibility index (Phi) is 7.17. The molecule has 7 heteroatoms. The Labute approximate surface area is 152 Å². The van der Waals surface area contributed by atoms with Gasteiger partial charge in [0.2, 0.25) is 0 Å². The predicted molar refractivity (Wildman–Crippen MR) is 99.5 cm³/mol. The molecule has 0 atom stereocenters. The number of rotatable bonds is 4. The Bertz CT molecular complexity index is 633. The number of carbonyl (C=O) groups is 1. The van der Waals surface area contributed by atoms with Crippen molar-refractivity contribution < 1.29 is 4.79 Å². The lowest BCUT2D eigenvalue weighted by Gasteiger charge is -2.21. The monoisotopic (exact) mass is 366 g/mol. The van der Waals surface area contributed by atoms with Crippen LogP contribution in [0.5, 0.6) is 0 Å². The van der Waals surface area contributed by atoms with Crippen LogP contribution in [0.15, 0.2) is 35.2 Å². The Balaban J connectivity index is 0.00000208. The van der Waals surface area contributed by atoms with Crippen molar-refractivity contribution in [3.63, 3.8) is 0 Å². The molecule has 0 spiro atoms. The van der Waals surface area contributed by atoms with Gasteiger partial charge in [0.25, 0.3) is 5.91 Å². The molecule has 1 amide bonds. The van der Waals surface area contributed by atoms with Crippen LogP contribution in [0, 0.1) is 0 Å². The van der Waals surface area contributed by atoms with E-state index in [-0.39, 0.29) is 18.3 Å². The molecule has 5 nitrogen and oxygen atoms in total. The third-order valence-corrected chi connectivity index (χ3v) is 4.82. The van der Waals surface area contributed by atoms with Crippen molar-refractivity contribution in [2.75, 3.05) is 26.2 Å². The maximum atomic E-state index is 12.6. The van der Waals surface area contributed by atoms with E-state index in [2.05, 4.69) is 15.3 Å². The molecule has 2 N–H and O–H groups in total. The molecule has 3 rings (SSSR count). The highest BCUT2D eigenvalue weighted by Crippen LogP contribution is 2.13. The van der Waals surface area contributed by atoms with E-state index in [0.717, 1.165) is 56.0 Å². The zero-order valence-corrected chi connectivity index (χ0v) is 15.2. The van der Waals surface area contributed by atoms with Gasteiger partial charge in [-0.2, -0.15) is 0 Å². The topological polar surface area (TPSA) is 62.5 Å². The molecule has 2 aromatic rings. The lowest BCUT2D eigenvalue weighted by atomic mass is 10.1. The number of thiazole rings is 1. The van der Waals surface area contributed by atoms with Crippen LogP contribution in [0.4, 0.5) is 0 Å². The number of benzene rings is 1. The Morgan fingerprint density at radius 2 is 1.96 bits per heavy atom. The summed E-state index contributed by atoms with van der Waals surface area (Å²) in [6, 6.07) is 7.62. The molecule has 0 bridgehead atoms. The maximum Gasteiger partial charge on any atom is 0.253 e. The minimum atomic E-state index is 0. The van der Waals surface area contributed by atoms with Crippen LogP contribution in [0.1, 0.15) is 28.0 Å². The highest BCUT2D eigenvalue weighted by Gasteiger charge is 2.20. The molecule has 1 aliphatic rings. The summed E-state index contributed by atoms with van der Waals surface area (Å²) < 4.78 is 0. The van der Waals surface area contributed by atoms with E-state index in [0.29, 0.717) is 6.54 Å². The number of hydrogen-bond donors (Lipinski definition) is 1. The third-order valence-electron chi connectivity index (χ3n) is 4.18. The summed E-state index contributed by atoms with van der Waals surface area (Å²) in [5, 5.41) is 2.09. The van der Waals surface area contributed by atoms with Gasteiger partial charge in [0.1, 0.15) is 0 Å². The largest absolute Gasteiger partial charge is 0.337 e. The zero-order chi connectivity index (χ0) is 16.1. The van der Waals surface area contributed by atoms with E-state index in [1.807, 2.05) is 34.7 Å². The van der Waals surface area contributed by atoms with Crippen LogP contribution in [0.2, 0.25) is 0 Å². The predicted octanol–water partition coefficient (Wildman–Crippen LogP) is 2.37. The highest BCUT2D eigenvalue weighted by atomic mass is 35.5. The van der Waals surface area contributed by atoms with Crippen molar-refractivity contribution in [1.82, 2.24) is 14.8 Å². The van der Waals surface area contributed by atoms with E-state index in [1.54, 1.807) is 11.3 Å². The third kappa shape index (κ3) is 4.77. The minimum Gasteiger partial charge on any atom is -0.337 e. The average Bonchev–Trinajstić information content (AvgIpc) is 2.99. The number of nitrogens with two attached hydrogens (primary N) is 1. The first-order valence-electron chi connectivity index (χ1n) is 7.94. The van der Waals surface area contributed by atoms with Crippen molar-refractivity contribution in [2.45, 2.75) is 19.5 Å². The molecule has 0 aliphatic carbocycles. The van der Waals surface area contributed by atoms with Gasteiger partial charge in [0.05, 0.1) is 11.2 Å². The first-order valence-corrected chi connectivity index (χ1v) is 8.88. The van der Waals surface area contributed by atoms with Crippen LogP contribution in [-0.2, 0) is 13.1 Å². The van der Waals surface area contributed by atoms with Crippen molar-refractivity contribution in [3.05, 3.63) is 52.0 Å². The minimum absolute atomic E-state index is 0. The molecule has 0 radical (unpaired) electrons. The molecule has 1 aromatic heterocycles. The van der Waals surface area contributed by atoms with Crippen LogP contribution < -0.4 is 5.73 Å². The van der Waals surface area contributed by atoms with Gasteiger partial charge in [-0.15, -0.1) is 23.7 Å². The molecule has 1 aromatic carbocycles. The summed E-state index contributed by atoms with van der Waals surface area (Å²) in [7, 11) is 0. The van der Waals surface area contributed by atoms with E-state index in [1.165, 1.54) is 0 Å². The van der Waals surface area contributed by atoms with Crippen LogP contribution in [0.3, 0.4) is 0 Å². The van der Waals surface area contributed by atoms with Gasteiger partial charge in [-0.05, 0) is 24.1 Å². The second kappa shape index (κ2) is 9.13. The summed E-state index contributed by atoms with van der Waals surface area (Å²) >= 11 is 1.63. The van der Waals surface area contributed by atoms with Gasteiger partial charge in [0, 0.05) is 50.2 Å². The van der Waals surface area contributed by atoms with Crippen molar-refractivity contribution in [2.24, 2.45) is 5.73 Å². The number of carbonyl (C=O) groups excluding carboxylic acids is 1. The molecule has 0 saturated carbocycles. The van der Waals surface area contributed by atoms with Gasteiger partial charge in [-0.3, -0.25) is 9.69 Å². The van der Waals surface area contributed by atoms with Crippen molar-refractivity contribution >= 4 is 29.7 Å². The smallest absolute Gasteiger partial charge is 0.253 e. The number of aromatic nitrogens is 1. The van der Waals surface area contributed by atoms with Crippen LogP contribution >= 0.6 is 23.7 Å². The SMILES string of the molecule is Cl.NCc1ccc(C(=O)N2CCCN(Cc3cscn3)CC2)cc1. The zero-order valence-electron chi connectivity index (χ0n) is 13.6. The normalized spacial score (nSPS) is 15.6. The number of nitrogens with zero attached hydrogens (tertiary/aromatic N) is 3. The fourth-order valence-electron chi connectivity index (χ4n) is 2.84. The second-order valence-electron chi connectivity index (χ2n) is 5.80. The Morgan fingerprint density at radius 3 is 2.62 bits per heavy atom. The van der Waals surface area contributed by atoms with E-state index in [9.17, 15) is 4.79 Å². The number of halogens is 1. The molecular formula is C17H23ClN4OS. The summed E-state index contributed by atoms with van der Waals surface area (Å²) in [6.45, 7) is 4.85. The Morgan fingerprint density at radius 1 is 1.17 bits per heavy atom. The molecule has 1 fully saturated rings. The van der Waals surface area contributed by atoms with E-state index in [4.69, 9.17) is 5.73 Å². The lowest BCUT2D eigenvalue weighted by molar-refractivity contribution is 0.0761. The molecule has 130 valence electrons. The maximum absolute atomic E-state index is 12.6. The van der Waals surface area contributed by atoms with E-state index < -0.39 is 0 Å². The van der Waals surface area contributed by atoms with Gasteiger partial charge >= 0.3 is 0 Å². The first-order chi connectivity index (χ1) is 11.3. The van der Waals surface area contributed by atoms with Crippen LogP contribution in [0.25, 0.3) is 0 Å². The average molecular weight is 367 g/mol. The Hall–Kier alpha value is -1.47. The molecule has 1 saturated heterocycles. The first kappa shape index (κ1) is 18.9. The summed E-state index contributed by atoms with van der Waals surface area (Å²) in [6.07, 6.45) is 0.997. The summed E-state index contributed by atoms with van der Waals surface area (Å²) in [4.78, 5) is 21.3. The van der Waals surface area contributed by atoms with Gasteiger partial charge in [-0.1, -0.05) is 12.1 Å². The van der Waals surface area contributed by atoms with Gasteiger partial charge in [0.15, 0.2) is 0 Å². The highest BCUT2D eigenvalue weighted by molar-refractivity contribution is 7.07. The standard InChI is InChI=1S/C17H22N4OS.ClH/c18-10-14-2-4-15(5-3-14)17(22)21-7-1-6-20(8-9-21)11-16-12-23-13-19-16;/h2-5,12-13H,1,6-11,18H2;1H. The number of amides is 1. The van der Waals surface area contributed by atoms with Crippen molar-refractivity contribution in [3.8, 4) is 0 Å². The second-order valence-corrected chi connectivity index (χ2v) is 6.52. The van der Waals surface area contributed by atoms with E-state index >= 15 is 0 Å². The van der Waals surface area contributed by atoms with Crippen LogP contribution in [-0.4, -0.2) is 46.9 Å².